The van der Waals surface area contributed by atoms with Crippen LogP contribution in [-0.4, -0.2) is 61.8 Å². The third kappa shape index (κ3) is 4.85. The first-order chi connectivity index (χ1) is 16.6. The van der Waals surface area contributed by atoms with Gasteiger partial charge in [0.2, 0.25) is 0 Å². The third-order valence-electron chi connectivity index (χ3n) is 6.35. The molecule has 0 aromatic carbocycles. The smallest absolute Gasteiger partial charge is 0.275 e. The molecule has 0 bridgehead atoms. The topological polar surface area (TPSA) is 101 Å². The second-order valence-corrected chi connectivity index (χ2v) is 8.78. The van der Waals surface area contributed by atoms with Crippen LogP contribution in [0.5, 0.6) is 0 Å². The van der Waals surface area contributed by atoms with Gasteiger partial charge in [-0.15, -0.1) is 0 Å². The van der Waals surface area contributed by atoms with Gasteiger partial charge in [-0.3, -0.25) is 19.4 Å². The average Bonchev–Trinajstić information content (AvgIpc) is 3.58. The van der Waals surface area contributed by atoms with Crippen molar-refractivity contribution in [2.75, 3.05) is 25.6 Å². The molecule has 4 aromatic heterocycles. The van der Waals surface area contributed by atoms with E-state index in [1.807, 2.05) is 23.0 Å². The van der Waals surface area contributed by atoms with Crippen molar-refractivity contribution in [3.63, 3.8) is 0 Å². The Bertz CT molecular complexity index is 1280. The van der Waals surface area contributed by atoms with Crippen LogP contribution in [0.15, 0.2) is 49.1 Å². The number of hydrogen-bond donors (Lipinski definition) is 2. The van der Waals surface area contributed by atoms with Crippen LogP contribution in [0.1, 0.15) is 35.9 Å². The minimum Gasteiger partial charge on any atom is -0.383 e. The summed E-state index contributed by atoms with van der Waals surface area (Å²) in [6, 6.07) is 8.20. The zero-order valence-corrected chi connectivity index (χ0v) is 19.5. The predicted octanol–water partition coefficient (Wildman–Crippen LogP) is 3.70. The Kier molecular flexibility index (Phi) is 6.37. The Morgan fingerprint density at radius 1 is 1.21 bits per heavy atom. The van der Waals surface area contributed by atoms with Crippen molar-refractivity contribution < 1.29 is 9.53 Å². The highest BCUT2D eigenvalue weighted by Gasteiger charge is 2.20. The number of aromatic amines is 1. The lowest BCUT2D eigenvalue weighted by Gasteiger charge is -2.19. The molecule has 1 fully saturated rings. The van der Waals surface area contributed by atoms with Gasteiger partial charge in [-0.25, -0.2) is 4.98 Å². The van der Waals surface area contributed by atoms with Crippen LogP contribution in [0, 0.1) is 0 Å². The summed E-state index contributed by atoms with van der Waals surface area (Å²) in [6.07, 6.45) is 9.69. The maximum Gasteiger partial charge on any atom is 0.275 e. The fourth-order valence-corrected chi connectivity index (χ4v) is 4.39. The summed E-state index contributed by atoms with van der Waals surface area (Å²) in [5, 5.41) is 8.21. The molecule has 176 valence electrons. The van der Waals surface area contributed by atoms with E-state index in [2.05, 4.69) is 43.3 Å². The molecule has 2 N–H and O–H groups in total. The van der Waals surface area contributed by atoms with Crippen molar-refractivity contribution >= 4 is 22.6 Å². The molecule has 0 spiro atoms. The Balaban J connectivity index is 1.24. The van der Waals surface area contributed by atoms with Gasteiger partial charge < -0.3 is 15.0 Å². The van der Waals surface area contributed by atoms with Crippen LogP contribution in [0.3, 0.4) is 0 Å². The molecule has 1 amide bonds. The summed E-state index contributed by atoms with van der Waals surface area (Å²) in [7, 11) is 1.66. The summed E-state index contributed by atoms with van der Waals surface area (Å²) in [4.78, 5) is 27.4. The number of pyridine rings is 2. The van der Waals surface area contributed by atoms with E-state index in [-0.39, 0.29) is 5.91 Å². The van der Waals surface area contributed by atoms with Crippen molar-refractivity contribution in [3.05, 3.63) is 60.4 Å². The zero-order chi connectivity index (χ0) is 23.5. The van der Waals surface area contributed by atoms with Gasteiger partial charge in [0.15, 0.2) is 0 Å². The molecule has 0 aliphatic carbocycles. The van der Waals surface area contributed by atoms with Gasteiger partial charge >= 0.3 is 0 Å². The average molecular weight is 460 g/mol. The molecule has 34 heavy (non-hydrogen) atoms. The van der Waals surface area contributed by atoms with E-state index in [0.29, 0.717) is 30.7 Å². The number of nitrogens with zero attached hydrogens (tertiary/aromatic N) is 5. The second-order valence-electron chi connectivity index (χ2n) is 8.78. The van der Waals surface area contributed by atoms with E-state index in [9.17, 15) is 4.79 Å². The summed E-state index contributed by atoms with van der Waals surface area (Å²) >= 11 is 0. The SMILES string of the molecule is COCCn1cc(-c2ccc(C(=O)Nc3cc4[nH]c(CN5CCC[C@@H]5C)cc4cn3)nc2)cn1. The number of nitrogens with one attached hydrogen (secondary N) is 2. The van der Waals surface area contributed by atoms with Crippen molar-refractivity contribution in [1.82, 2.24) is 29.6 Å². The molecule has 0 saturated carbocycles. The summed E-state index contributed by atoms with van der Waals surface area (Å²) in [5.41, 5.74) is 4.28. The Labute approximate surface area is 198 Å². The van der Waals surface area contributed by atoms with E-state index in [0.717, 1.165) is 40.8 Å². The Hall–Kier alpha value is -3.56. The van der Waals surface area contributed by atoms with Gasteiger partial charge in [0, 0.05) is 66.6 Å². The van der Waals surface area contributed by atoms with E-state index in [4.69, 9.17) is 4.74 Å². The number of carbonyl (C=O) groups excluding carboxylic acids is 1. The number of rotatable bonds is 8. The highest BCUT2D eigenvalue weighted by molar-refractivity contribution is 6.03. The molecule has 0 radical (unpaired) electrons. The van der Waals surface area contributed by atoms with Crippen LogP contribution in [0.4, 0.5) is 5.82 Å². The molecule has 9 heteroatoms. The number of H-pyrrole nitrogens is 1. The van der Waals surface area contributed by atoms with Crippen LogP contribution >= 0.6 is 0 Å². The van der Waals surface area contributed by atoms with Crippen LogP contribution in [-0.2, 0) is 17.8 Å². The fraction of sp³-hybridized carbons (Fsp3) is 0.360. The maximum atomic E-state index is 12.7. The van der Waals surface area contributed by atoms with E-state index < -0.39 is 0 Å². The molecular weight excluding hydrogens is 430 g/mol. The highest BCUT2D eigenvalue weighted by atomic mass is 16.5. The van der Waals surface area contributed by atoms with E-state index in [1.54, 1.807) is 31.8 Å². The number of fused-ring (bicyclic) bond motifs is 1. The number of ether oxygens (including phenoxy) is 1. The summed E-state index contributed by atoms with van der Waals surface area (Å²) in [5.74, 6) is 0.192. The molecular formula is C25H29N7O2. The number of amides is 1. The largest absolute Gasteiger partial charge is 0.383 e. The normalized spacial score (nSPS) is 16.4. The lowest BCUT2D eigenvalue weighted by atomic mass is 10.1. The van der Waals surface area contributed by atoms with Crippen molar-refractivity contribution in [2.24, 2.45) is 0 Å². The standard InChI is InChI=1S/C25H29N7O2/c1-17-4-3-7-31(17)16-21-10-19-13-27-24(11-23(19)29-21)30-25(33)22-6-5-18(12-26-22)20-14-28-32(15-20)8-9-34-2/h5-6,10-15,17,29H,3-4,7-9,16H2,1-2H3,(H,27,30,33)/t17-/m0/s1. The maximum absolute atomic E-state index is 12.7. The monoisotopic (exact) mass is 459 g/mol. The van der Waals surface area contributed by atoms with Gasteiger partial charge in [0.05, 0.1) is 24.9 Å². The van der Waals surface area contributed by atoms with Gasteiger partial charge in [-0.05, 0) is 38.4 Å². The minimum atomic E-state index is -0.299. The van der Waals surface area contributed by atoms with Crippen molar-refractivity contribution in [2.45, 2.75) is 38.9 Å². The molecule has 9 nitrogen and oxygen atoms in total. The summed E-state index contributed by atoms with van der Waals surface area (Å²) < 4.78 is 6.90. The van der Waals surface area contributed by atoms with E-state index in [1.165, 1.54) is 12.8 Å². The summed E-state index contributed by atoms with van der Waals surface area (Å²) in [6.45, 7) is 5.60. The Morgan fingerprint density at radius 2 is 2.12 bits per heavy atom. The Morgan fingerprint density at radius 3 is 2.88 bits per heavy atom. The molecule has 1 saturated heterocycles. The lowest BCUT2D eigenvalue weighted by Crippen LogP contribution is -2.26. The number of methoxy groups -OCH3 is 1. The number of anilines is 1. The zero-order valence-electron chi connectivity index (χ0n) is 19.5. The van der Waals surface area contributed by atoms with Crippen LogP contribution in [0.25, 0.3) is 22.0 Å². The van der Waals surface area contributed by atoms with E-state index >= 15 is 0 Å². The molecule has 1 aliphatic heterocycles. The third-order valence-corrected chi connectivity index (χ3v) is 6.35. The fourth-order valence-electron chi connectivity index (χ4n) is 4.39. The number of likely N-dealkylation sites (tertiary alicyclic amines) is 1. The lowest BCUT2D eigenvalue weighted by molar-refractivity contribution is 0.102. The molecule has 5 rings (SSSR count). The predicted molar refractivity (Wildman–Crippen MR) is 130 cm³/mol. The molecule has 1 atom stereocenters. The van der Waals surface area contributed by atoms with Crippen LogP contribution in [0.2, 0.25) is 0 Å². The van der Waals surface area contributed by atoms with Gasteiger partial charge in [-0.1, -0.05) is 6.07 Å². The second kappa shape index (κ2) is 9.74. The van der Waals surface area contributed by atoms with Crippen molar-refractivity contribution in [1.29, 1.82) is 0 Å². The number of aromatic nitrogens is 5. The van der Waals surface area contributed by atoms with Crippen LogP contribution < -0.4 is 5.32 Å². The van der Waals surface area contributed by atoms with Gasteiger partial charge in [0.1, 0.15) is 11.5 Å². The molecule has 4 aromatic rings. The van der Waals surface area contributed by atoms with Crippen molar-refractivity contribution in [3.8, 4) is 11.1 Å². The molecule has 1 aliphatic rings. The quantitative estimate of drug-likeness (QED) is 0.417. The first-order valence-corrected chi connectivity index (χ1v) is 11.6. The molecule has 5 heterocycles. The minimum absolute atomic E-state index is 0.299. The first-order valence-electron chi connectivity index (χ1n) is 11.6. The first kappa shape index (κ1) is 22.2. The number of hydrogen-bond acceptors (Lipinski definition) is 6. The van der Waals surface area contributed by atoms with Gasteiger partial charge in [-0.2, -0.15) is 5.10 Å². The van der Waals surface area contributed by atoms with Gasteiger partial charge in [0.25, 0.3) is 5.91 Å². The number of carbonyl (C=O) groups is 1. The molecule has 0 unspecified atom stereocenters. The highest BCUT2D eigenvalue weighted by Crippen LogP contribution is 2.23.